The molecule has 2 aromatic rings. The summed E-state index contributed by atoms with van der Waals surface area (Å²) in [5, 5.41) is 0.391. The third kappa shape index (κ3) is 2.97. The van der Waals surface area contributed by atoms with Gasteiger partial charge in [-0.05, 0) is 19.4 Å². The molecule has 2 aliphatic heterocycles. The number of amidine groups is 1. The molecule has 0 spiro atoms. The van der Waals surface area contributed by atoms with Gasteiger partial charge in [0.2, 0.25) is 0 Å². The molecule has 4 rings (SSSR count). The van der Waals surface area contributed by atoms with Crippen molar-refractivity contribution >= 4 is 16.9 Å². The number of ether oxygens (including phenoxy) is 1. The Kier molecular flexibility index (Phi) is 4.40. The van der Waals surface area contributed by atoms with Gasteiger partial charge in [-0.2, -0.15) is 0 Å². The van der Waals surface area contributed by atoms with Gasteiger partial charge in [0.25, 0.3) is 0 Å². The van der Waals surface area contributed by atoms with Gasteiger partial charge in [-0.25, -0.2) is 13.8 Å². The molecule has 3 heterocycles. The Morgan fingerprint density at radius 1 is 1.27 bits per heavy atom. The van der Waals surface area contributed by atoms with Crippen molar-refractivity contribution in [2.24, 2.45) is 16.6 Å². The molecule has 1 aromatic carbocycles. The summed E-state index contributed by atoms with van der Waals surface area (Å²) in [6.45, 7) is 2.03. The number of nitrogens with zero attached hydrogens (tertiary/aromatic N) is 3. The molecule has 0 amide bonds. The van der Waals surface area contributed by atoms with E-state index in [4.69, 9.17) is 10.5 Å². The second-order valence-corrected chi connectivity index (χ2v) is 7.66. The normalized spacial score (nSPS) is 28.3. The van der Waals surface area contributed by atoms with Crippen LogP contribution in [0, 0.1) is 24.5 Å². The van der Waals surface area contributed by atoms with Crippen LogP contribution >= 0.6 is 11.8 Å². The van der Waals surface area contributed by atoms with Crippen molar-refractivity contribution in [3.05, 3.63) is 59.2 Å². The van der Waals surface area contributed by atoms with Gasteiger partial charge >= 0.3 is 0 Å². The average Bonchev–Trinajstić information content (AvgIpc) is 2.61. The molecule has 0 aliphatic carbocycles. The summed E-state index contributed by atoms with van der Waals surface area (Å²) in [5.74, 6) is -0.575. The Bertz CT molecular complexity index is 861. The molecule has 8 heteroatoms. The van der Waals surface area contributed by atoms with Gasteiger partial charge < -0.3 is 10.5 Å². The summed E-state index contributed by atoms with van der Waals surface area (Å²) in [5.41, 5.74) is 6.90. The van der Waals surface area contributed by atoms with Crippen molar-refractivity contribution in [2.45, 2.75) is 25.0 Å². The largest absolute Gasteiger partial charge is 0.379 e. The first kappa shape index (κ1) is 17.4. The molecule has 1 saturated heterocycles. The van der Waals surface area contributed by atoms with E-state index in [-0.39, 0.29) is 18.6 Å². The SMILES string of the molecule is Cc1cnc([C@H]2C[C@H]3CSC(N)=N[C@@]3(c3ccc(F)cc3F)CO2)cn1. The van der Waals surface area contributed by atoms with Crippen LogP contribution < -0.4 is 5.73 Å². The summed E-state index contributed by atoms with van der Waals surface area (Å²) < 4.78 is 34.0. The highest BCUT2D eigenvalue weighted by atomic mass is 32.2. The predicted octanol–water partition coefficient (Wildman–Crippen LogP) is 3.10. The van der Waals surface area contributed by atoms with Gasteiger partial charge in [-0.3, -0.25) is 9.97 Å². The minimum Gasteiger partial charge on any atom is -0.379 e. The Balaban J connectivity index is 1.71. The van der Waals surface area contributed by atoms with E-state index < -0.39 is 17.2 Å². The lowest BCUT2D eigenvalue weighted by Gasteiger charge is -2.46. The lowest BCUT2D eigenvalue weighted by atomic mass is 9.74. The van der Waals surface area contributed by atoms with Crippen LogP contribution in [0.5, 0.6) is 0 Å². The maximum absolute atomic E-state index is 14.6. The number of thioether (sulfide) groups is 1. The summed E-state index contributed by atoms with van der Waals surface area (Å²) in [7, 11) is 0. The molecule has 0 radical (unpaired) electrons. The van der Waals surface area contributed by atoms with Crippen LogP contribution in [-0.4, -0.2) is 27.5 Å². The number of benzene rings is 1. The molecule has 0 saturated carbocycles. The molecule has 1 aromatic heterocycles. The summed E-state index contributed by atoms with van der Waals surface area (Å²) in [6, 6.07) is 3.57. The van der Waals surface area contributed by atoms with Crippen LogP contribution in [0.3, 0.4) is 0 Å². The van der Waals surface area contributed by atoms with Gasteiger partial charge in [0.05, 0.1) is 24.2 Å². The highest BCUT2D eigenvalue weighted by molar-refractivity contribution is 8.13. The molecule has 0 unspecified atom stereocenters. The van der Waals surface area contributed by atoms with Crippen molar-refractivity contribution in [3.63, 3.8) is 0 Å². The van der Waals surface area contributed by atoms with E-state index in [0.29, 0.717) is 22.9 Å². The fourth-order valence-corrected chi connectivity index (χ4v) is 4.60. The first-order valence-electron chi connectivity index (χ1n) is 8.32. The Hall–Kier alpha value is -2.06. The Labute approximate surface area is 154 Å². The predicted molar refractivity (Wildman–Crippen MR) is 95.7 cm³/mol. The highest BCUT2D eigenvalue weighted by Gasteiger charge is 2.49. The molecule has 1 fully saturated rings. The van der Waals surface area contributed by atoms with Crippen molar-refractivity contribution in [3.8, 4) is 0 Å². The number of aryl methyl sites for hydroxylation is 1. The smallest absolute Gasteiger partial charge is 0.154 e. The Morgan fingerprint density at radius 2 is 2.12 bits per heavy atom. The fourth-order valence-electron chi connectivity index (χ4n) is 3.58. The fraction of sp³-hybridized carbons (Fsp3) is 0.389. The number of aromatic nitrogens is 2. The zero-order valence-corrected chi connectivity index (χ0v) is 15.0. The number of aliphatic imine (C=N–C) groups is 1. The van der Waals surface area contributed by atoms with Crippen LogP contribution in [0.1, 0.15) is 29.5 Å². The van der Waals surface area contributed by atoms with Crippen molar-refractivity contribution in [1.82, 2.24) is 9.97 Å². The number of hydrogen-bond acceptors (Lipinski definition) is 6. The van der Waals surface area contributed by atoms with Gasteiger partial charge in [-0.1, -0.05) is 17.8 Å². The zero-order chi connectivity index (χ0) is 18.3. The van der Waals surface area contributed by atoms with Crippen molar-refractivity contribution < 1.29 is 13.5 Å². The van der Waals surface area contributed by atoms with Crippen molar-refractivity contribution in [2.75, 3.05) is 12.4 Å². The molecule has 3 atom stereocenters. The lowest BCUT2D eigenvalue weighted by molar-refractivity contribution is -0.0608. The van der Waals surface area contributed by atoms with E-state index >= 15 is 0 Å². The van der Waals surface area contributed by atoms with Crippen LogP contribution in [-0.2, 0) is 10.3 Å². The van der Waals surface area contributed by atoms with E-state index in [9.17, 15) is 8.78 Å². The second kappa shape index (κ2) is 6.59. The van der Waals surface area contributed by atoms with E-state index in [0.717, 1.165) is 17.5 Å². The molecular weight excluding hydrogens is 358 g/mol. The monoisotopic (exact) mass is 376 g/mol. The number of fused-ring (bicyclic) bond motifs is 1. The number of nitrogens with two attached hydrogens (primary N) is 1. The molecule has 26 heavy (non-hydrogen) atoms. The number of halogens is 2. The van der Waals surface area contributed by atoms with Gasteiger partial charge in [0.1, 0.15) is 23.3 Å². The summed E-state index contributed by atoms with van der Waals surface area (Å²) in [6.07, 6.45) is 3.78. The maximum atomic E-state index is 14.6. The quantitative estimate of drug-likeness (QED) is 0.872. The first-order valence-corrected chi connectivity index (χ1v) is 9.30. The van der Waals surface area contributed by atoms with Crippen LogP contribution in [0.4, 0.5) is 8.78 Å². The van der Waals surface area contributed by atoms with Gasteiger partial charge in [-0.15, -0.1) is 0 Å². The Morgan fingerprint density at radius 3 is 2.85 bits per heavy atom. The van der Waals surface area contributed by atoms with Crippen LogP contribution in [0.25, 0.3) is 0 Å². The zero-order valence-electron chi connectivity index (χ0n) is 14.2. The molecule has 136 valence electrons. The molecule has 2 N–H and O–H groups in total. The minimum absolute atomic E-state index is 0.0124. The van der Waals surface area contributed by atoms with E-state index in [1.165, 1.54) is 23.9 Å². The second-order valence-electron chi connectivity index (χ2n) is 6.62. The topological polar surface area (TPSA) is 73.4 Å². The number of hydrogen-bond donors (Lipinski definition) is 1. The highest BCUT2D eigenvalue weighted by Crippen LogP contribution is 2.49. The molecular formula is C18H18F2N4OS. The van der Waals surface area contributed by atoms with Crippen LogP contribution in [0.15, 0.2) is 35.6 Å². The third-order valence-corrected chi connectivity index (χ3v) is 5.91. The van der Waals surface area contributed by atoms with E-state index in [1.807, 2.05) is 6.92 Å². The summed E-state index contributed by atoms with van der Waals surface area (Å²) >= 11 is 1.45. The number of rotatable bonds is 2. The average molecular weight is 376 g/mol. The first-order chi connectivity index (χ1) is 12.5. The van der Waals surface area contributed by atoms with E-state index in [2.05, 4.69) is 15.0 Å². The van der Waals surface area contributed by atoms with Crippen molar-refractivity contribution in [1.29, 1.82) is 0 Å². The summed E-state index contributed by atoms with van der Waals surface area (Å²) in [4.78, 5) is 13.2. The lowest BCUT2D eigenvalue weighted by Crippen LogP contribution is -2.48. The molecule has 0 bridgehead atoms. The van der Waals surface area contributed by atoms with E-state index in [1.54, 1.807) is 12.4 Å². The standard InChI is InChI=1S/C18H18F2N4OS/c1-10-6-23-15(7-22-10)16-4-11-8-26-17(21)24-18(11,9-25-16)13-3-2-12(19)5-14(13)20/h2-3,5-7,11,16H,4,8-9H2,1H3,(H2,21,24)/t11-,16+,18-/m0/s1. The maximum Gasteiger partial charge on any atom is 0.154 e. The molecule has 2 aliphatic rings. The minimum atomic E-state index is -0.943. The van der Waals surface area contributed by atoms with Crippen LogP contribution in [0.2, 0.25) is 0 Å². The van der Waals surface area contributed by atoms with Gasteiger partial charge in [0, 0.05) is 29.5 Å². The third-order valence-electron chi connectivity index (χ3n) is 4.95. The van der Waals surface area contributed by atoms with Gasteiger partial charge in [0.15, 0.2) is 5.17 Å². The molecule has 5 nitrogen and oxygen atoms in total.